The minimum absolute atomic E-state index is 0. The molecule has 0 radical (unpaired) electrons. The van der Waals surface area contributed by atoms with Gasteiger partial charge in [0.15, 0.2) is 0 Å². The van der Waals surface area contributed by atoms with E-state index in [0.29, 0.717) is 18.7 Å². The summed E-state index contributed by atoms with van der Waals surface area (Å²) in [6.07, 6.45) is 0. The largest absolute Gasteiger partial charge is 0.383 e. The molecule has 1 aromatic carbocycles. The molecule has 1 unspecified atom stereocenters. The number of methoxy groups -OCH3 is 1. The molecule has 1 aromatic rings. The molecule has 25 heavy (non-hydrogen) atoms. The van der Waals surface area contributed by atoms with E-state index in [1.807, 2.05) is 13.8 Å². The molecule has 142 valence electrons. The fourth-order valence-electron chi connectivity index (χ4n) is 2.65. The van der Waals surface area contributed by atoms with Gasteiger partial charge in [0.1, 0.15) is 0 Å². The zero-order valence-corrected chi connectivity index (χ0v) is 16.4. The van der Waals surface area contributed by atoms with Crippen LogP contribution in [0.3, 0.4) is 0 Å². The molecule has 1 atom stereocenters. The average Bonchev–Trinajstić information content (AvgIpc) is 2.54. The van der Waals surface area contributed by atoms with Crippen molar-refractivity contribution in [3.8, 4) is 0 Å². The summed E-state index contributed by atoms with van der Waals surface area (Å²) in [5, 5.41) is 3.29. The van der Waals surface area contributed by atoms with Crippen molar-refractivity contribution in [1.82, 2.24) is 14.9 Å². The third-order valence-corrected chi connectivity index (χ3v) is 5.46. The maximum Gasteiger partial charge on any atom is 0.254 e. The number of carbonyl (C=O) groups excluding carboxylic acids is 1. The van der Waals surface area contributed by atoms with Gasteiger partial charge >= 0.3 is 0 Å². The number of hydrogen-bond acceptors (Lipinski definition) is 5. The van der Waals surface area contributed by atoms with E-state index in [0.717, 1.165) is 12.1 Å². The monoisotopic (exact) mass is 391 g/mol. The van der Waals surface area contributed by atoms with Gasteiger partial charge in [-0.2, -0.15) is 0 Å². The number of rotatable bonds is 6. The smallest absolute Gasteiger partial charge is 0.254 e. The average molecular weight is 392 g/mol. The fourth-order valence-corrected chi connectivity index (χ4v) is 3.69. The second-order valence-corrected chi connectivity index (χ2v) is 7.74. The molecule has 7 nitrogen and oxygen atoms in total. The van der Waals surface area contributed by atoms with Crippen molar-refractivity contribution in [2.45, 2.75) is 24.8 Å². The number of carbonyl (C=O) groups is 1. The highest BCUT2D eigenvalue weighted by Crippen LogP contribution is 2.18. The molecule has 1 aliphatic heterocycles. The van der Waals surface area contributed by atoms with Crippen molar-refractivity contribution in [3.05, 3.63) is 29.3 Å². The number of piperazine rings is 1. The number of aryl methyl sites for hydroxylation is 1. The number of benzene rings is 1. The lowest BCUT2D eigenvalue weighted by Gasteiger charge is -2.32. The number of halogens is 1. The lowest BCUT2D eigenvalue weighted by molar-refractivity contribution is 0.0708. The SMILES string of the molecule is COCCNS(=O)(=O)c1ccc(C)c(C(=O)N2CCNC(C)C2)c1.Cl. The Kier molecular flexibility index (Phi) is 8.30. The summed E-state index contributed by atoms with van der Waals surface area (Å²) in [6.45, 7) is 6.27. The molecule has 1 fully saturated rings. The van der Waals surface area contributed by atoms with Gasteiger partial charge in [-0.3, -0.25) is 4.79 Å². The van der Waals surface area contributed by atoms with Crippen molar-refractivity contribution in [2.75, 3.05) is 39.9 Å². The number of sulfonamides is 1. The number of nitrogens with one attached hydrogen (secondary N) is 2. The fraction of sp³-hybridized carbons (Fsp3) is 0.562. The second kappa shape index (κ2) is 9.49. The van der Waals surface area contributed by atoms with Crippen LogP contribution in [0.4, 0.5) is 0 Å². The molecule has 0 spiro atoms. The topological polar surface area (TPSA) is 87.7 Å². The second-order valence-electron chi connectivity index (χ2n) is 5.97. The molecule has 2 N–H and O–H groups in total. The Labute approximate surface area is 155 Å². The van der Waals surface area contributed by atoms with E-state index in [-0.39, 0.29) is 42.4 Å². The lowest BCUT2D eigenvalue weighted by Crippen LogP contribution is -2.51. The van der Waals surface area contributed by atoms with Crippen molar-refractivity contribution < 1.29 is 17.9 Å². The lowest BCUT2D eigenvalue weighted by atomic mass is 10.1. The molecule has 1 amide bonds. The molecule has 0 aromatic heterocycles. The van der Waals surface area contributed by atoms with Crippen molar-refractivity contribution in [3.63, 3.8) is 0 Å². The Morgan fingerprint density at radius 2 is 2.16 bits per heavy atom. The van der Waals surface area contributed by atoms with Gasteiger partial charge < -0.3 is 15.0 Å². The van der Waals surface area contributed by atoms with Crippen molar-refractivity contribution >= 4 is 28.3 Å². The minimum Gasteiger partial charge on any atom is -0.383 e. The molecule has 0 aliphatic carbocycles. The van der Waals surface area contributed by atoms with Gasteiger partial charge in [0.05, 0.1) is 11.5 Å². The first kappa shape index (κ1) is 21.9. The predicted molar refractivity (Wildman–Crippen MR) is 98.9 cm³/mol. The zero-order valence-electron chi connectivity index (χ0n) is 14.7. The standard InChI is InChI=1S/C16H25N3O4S.ClH/c1-12-4-5-14(24(21,22)18-7-9-23-3)10-15(12)16(20)19-8-6-17-13(2)11-19;/h4-5,10,13,17-18H,6-9,11H2,1-3H3;1H. The molecule has 1 aliphatic rings. The van der Waals surface area contributed by atoms with Crippen LogP contribution in [0.2, 0.25) is 0 Å². The minimum atomic E-state index is -3.66. The van der Waals surface area contributed by atoms with Crippen LogP contribution in [0.5, 0.6) is 0 Å². The maximum atomic E-state index is 12.8. The van der Waals surface area contributed by atoms with Gasteiger partial charge in [-0.25, -0.2) is 13.1 Å². The van der Waals surface area contributed by atoms with E-state index in [4.69, 9.17) is 4.74 Å². The van der Waals surface area contributed by atoms with Gasteiger partial charge in [-0.1, -0.05) is 6.07 Å². The predicted octanol–water partition coefficient (Wildman–Crippen LogP) is 0.775. The van der Waals surface area contributed by atoms with E-state index in [1.54, 1.807) is 11.0 Å². The van der Waals surface area contributed by atoms with Crippen LogP contribution in [0.25, 0.3) is 0 Å². The van der Waals surface area contributed by atoms with Crippen LogP contribution in [-0.2, 0) is 14.8 Å². The summed E-state index contributed by atoms with van der Waals surface area (Å²) in [6, 6.07) is 4.87. The Balaban J connectivity index is 0.00000312. The third kappa shape index (κ3) is 5.65. The van der Waals surface area contributed by atoms with Gasteiger partial charge in [0.2, 0.25) is 10.0 Å². The molecule has 1 heterocycles. The highest BCUT2D eigenvalue weighted by Gasteiger charge is 2.24. The third-order valence-electron chi connectivity index (χ3n) is 4.00. The Morgan fingerprint density at radius 1 is 1.44 bits per heavy atom. The molecule has 0 bridgehead atoms. The van der Waals surface area contributed by atoms with Gasteiger partial charge in [0, 0.05) is 44.9 Å². The first-order chi connectivity index (χ1) is 11.3. The molecular formula is C16H26ClN3O4S. The van der Waals surface area contributed by atoms with Gasteiger partial charge in [-0.15, -0.1) is 12.4 Å². The summed E-state index contributed by atoms with van der Waals surface area (Å²) >= 11 is 0. The summed E-state index contributed by atoms with van der Waals surface area (Å²) in [5.74, 6) is -0.130. The molecule has 0 saturated carbocycles. The first-order valence-electron chi connectivity index (χ1n) is 7.97. The molecular weight excluding hydrogens is 366 g/mol. The number of nitrogens with zero attached hydrogens (tertiary/aromatic N) is 1. The maximum absolute atomic E-state index is 12.8. The summed E-state index contributed by atoms with van der Waals surface area (Å²) in [5.41, 5.74) is 1.20. The number of amides is 1. The Hall–Kier alpha value is -1.19. The van der Waals surface area contributed by atoms with Gasteiger partial charge in [-0.05, 0) is 31.5 Å². The van der Waals surface area contributed by atoms with Crippen LogP contribution in [0.15, 0.2) is 23.1 Å². The van der Waals surface area contributed by atoms with Crippen LogP contribution < -0.4 is 10.0 Å². The highest BCUT2D eigenvalue weighted by atomic mass is 35.5. The van der Waals surface area contributed by atoms with Crippen LogP contribution >= 0.6 is 12.4 Å². The molecule has 2 rings (SSSR count). The zero-order chi connectivity index (χ0) is 17.7. The van der Waals surface area contributed by atoms with Gasteiger partial charge in [0.25, 0.3) is 5.91 Å². The highest BCUT2D eigenvalue weighted by molar-refractivity contribution is 7.89. The normalized spacial score (nSPS) is 17.9. The van der Waals surface area contributed by atoms with E-state index in [1.165, 1.54) is 19.2 Å². The number of hydrogen-bond donors (Lipinski definition) is 2. The Morgan fingerprint density at radius 3 is 2.80 bits per heavy atom. The quantitative estimate of drug-likeness (QED) is 0.699. The summed E-state index contributed by atoms with van der Waals surface area (Å²) in [4.78, 5) is 14.6. The molecule has 9 heteroatoms. The van der Waals surface area contributed by atoms with E-state index < -0.39 is 10.0 Å². The number of ether oxygens (including phenoxy) is 1. The van der Waals surface area contributed by atoms with Crippen molar-refractivity contribution in [1.29, 1.82) is 0 Å². The van der Waals surface area contributed by atoms with Crippen LogP contribution in [0, 0.1) is 6.92 Å². The Bertz CT molecular complexity index is 697. The van der Waals surface area contributed by atoms with E-state index in [2.05, 4.69) is 10.0 Å². The van der Waals surface area contributed by atoms with Crippen LogP contribution in [-0.4, -0.2) is 65.2 Å². The van der Waals surface area contributed by atoms with E-state index in [9.17, 15) is 13.2 Å². The van der Waals surface area contributed by atoms with Crippen molar-refractivity contribution in [2.24, 2.45) is 0 Å². The first-order valence-corrected chi connectivity index (χ1v) is 9.45. The summed E-state index contributed by atoms with van der Waals surface area (Å²) in [7, 11) is -2.15. The molecule has 1 saturated heterocycles. The van der Waals surface area contributed by atoms with E-state index >= 15 is 0 Å². The summed E-state index contributed by atoms with van der Waals surface area (Å²) < 4.78 is 32.0. The van der Waals surface area contributed by atoms with Crippen LogP contribution in [0.1, 0.15) is 22.8 Å².